The molecule has 0 atom stereocenters. The van der Waals surface area contributed by atoms with E-state index in [9.17, 15) is 0 Å². The average molecular weight is 1390 g/mol. The number of halogens is 5. The van der Waals surface area contributed by atoms with Crippen LogP contribution in [0.4, 0.5) is 23.5 Å². The number of benzene rings is 10. The zero-order valence-electron chi connectivity index (χ0n) is 55.0. The van der Waals surface area contributed by atoms with Crippen molar-refractivity contribution in [2.45, 2.75) is 123 Å². The summed E-state index contributed by atoms with van der Waals surface area (Å²) < 4.78 is 27.1. The van der Waals surface area contributed by atoms with Gasteiger partial charge in [-0.3, -0.25) is 23.5 Å². The molecule has 0 aliphatic carbocycles. The van der Waals surface area contributed by atoms with Crippen molar-refractivity contribution in [2.24, 2.45) is 0 Å². The molecule has 0 heterocycles. The predicted octanol–water partition coefficient (Wildman–Crippen LogP) is 21.6. The molecule has 510 valence electrons. The van der Waals surface area contributed by atoms with Crippen molar-refractivity contribution in [3.8, 4) is 28.7 Å². The van der Waals surface area contributed by atoms with Crippen molar-refractivity contribution in [1.82, 2.24) is 0 Å². The van der Waals surface area contributed by atoms with Crippen LogP contribution >= 0.6 is 63.1 Å². The number of aryl methyl sites for hydroxylation is 10. The van der Waals surface area contributed by atoms with Gasteiger partial charge in [-0.15, -0.1) is 63.1 Å². The molecule has 0 unspecified atom stereocenters. The molecule has 10 aromatic carbocycles. The van der Waals surface area contributed by atoms with Crippen LogP contribution in [-0.4, -0.2) is 33.0 Å². The SMILES string of the molecule is CCOc1ccc(CCc2ccc(S)cc2)cc1.CCOc1ccc(CCc2ccc(S)cc2)cc1.CCOc1ccc(CCc2ccc(S)cc2)cc1.CCOc1ccc(CCc2ccc(S)cc2)cc1.CCOc1ccc(CCc2ccc(S)cc2)cc1.F.F.F.F.F. The Hall–Kier alpha value is -7.40. The zero-order valence-corrected chi connectivity index (χ0v) is 59.5. The van der Waals surface area contributed by atoms with Gasteiger partial charge in [0.2, 0.25) is 0 Å². The molecular formula is C80H95F5O5S5. The Kier molecular flexibility index (Phi) is 45.1. The summed E-state index contributed by atoms with van der Waals surface area (Å²) in [4.78, 5) is 5.07. The maximum Gasteiger partial charge on any atom is 0.119 e. The minimum absolute atomic E-state index is 0. The quantitative estimate of drug-likeness (QED) is 0.0292. The zero-order chi connectivity index (χ0) is 64.0. The first-order chi connectivity index (χ1) is 43.9. The molecule has 15 heteroatoms. The highest BCUT2D eigenvalue weighted by atomic mass is 32.1. The van der Waals surface area contributed by atoms with E-state index >= 15 is 0 Å². The van der Waals surface area contributed by atoms with Crippen LogP contribution in [0.15, 0.2) is 267 Å². The first kappa shape index (κ1) is 85.6. The second-order valence-electron chi connectivity index (χ2n) is 21.2. The summed E-state index contributed by atoms with van der Waals surface area (Å²) in [6.07, 6.45) is 10.6. The summed E-state index contributed by atoms with van der Waals surface area (Å²) in [6, 6.07) is 83.5. The molecule has 0 radical (unpaired) electrons. The van der Waals surface area contributed by atoms with Crippen LogP contribution in [0.2, 0.25) is 0 Å². The van der Waals surface area contributed by atoms with Crippen molar-refractivity contribution >= 4 is 63.1 Å². The van der Waals surface area contributed by atoms with Crippen LogP contribution in [0.25, 0.3) is 0 Å². The molecule has 0 N–H and O–H groups in total. The van der Waals surface area contributed by atoms with Crippen molar-refractivity contribution in [1.29, 1.82) is 0 Å². The van der Waals surface area contributed by atoms with Crippen LogP contribution in [-0.2, 0) is 64.2 Å². The van der Waals surface area contributed by atoms with E-state index < -0.39 is 0 Å². The molecular weight excluding hydrogens is 1300 g/mol. The number of hydrogen-bond acceptors (Lipinski definition) is 10. The van der Waals surface area contributed by atoms with Crippen molar-refractivity contribution in [3.05, 3.63) is 298 Å². The molecule has 0 spiro atoms. The fourth-order valence-corrected chi connectivity index (χ4v) is 10.1. The molecule has 5 nitrogen and oxygen atoms in total. The molecule has 0 aliphatic rings. The Labute approximate surface area is 589 Å². The highest BCUT2D eigenvalue weighted by Crippen LogP contribution is 2.21. The summed E-state index contributed by atoms with van der Waals surface area (Å²) in [5.41, 5.74) is 13.4. The molecule has 0 bridgehead atoms. The van der Waals surface area contributed by atoms with E-state index in [1.807, 2.05) is 156 Å². The third-order valence-electron chi connectivity index (χ3n) is 14.4. The van der Waals surface area contributed by atoms with E-state index in [2.05, 4.69) is 184 Å². The summed E-state index contributed by atoms with van der Waals surface area (Å²) in [7, 11) is 0. The van der Waals surface area contributed by atoms with Gasteiger partial charge in [-0.25, -0.2) is 0 Å². The third-order valence-corrected chi connectivity index (χ3v) is 15.9. The van der Waals surface area contributed by atoms with Crippen molar-refractivity contribution < 1.29 is 47.2 Å². The van der Waals surface area contributed by atoms with Gasteiger partial charge in [0.05, 0.1) is 33.0 Å². The lowest BCUT2D eigenvalue weighted by Crippen LogP contribution is -1.93. The Balaban J connectivity index is 0.000000586. The van der Waals surface area contributed by atoms with Crippen molar-refractivity contribution in [3.63, 3.8) is 0 Å². The van der Waals surface area contributed by atoms with Gasteiger partial charge in [0.15, 0.2) is 0 Å². The maximum atomic E-state index is 5.43. The highest BCUT2D eigenvalue weighted by Gasteiger charge is 2.03. The smallest absolute Gasteiger partial charge is 0.119 e. The lowest BCUT2D eigenvalue weighted by molar-refractivity contribution is 0.340. The minimum atomic E-state index is 0. The fourth-order valence-electron chi connectivity index (χ4n) is 9.35. The normalized spacial score (nSPS) is 9.79. The highest BCUT2D eigenvalue weighted by molar-refractivity contribution is 7.81. The first-order valence-electron chi connectivity index (χ1n) is 31.4. The largest absolute Gasteiger partial charge is 0.494 e. The Morgan fingerprint density at radius 3 is 0.358 bits per heavy atom. The first-order valence-corrected chi connectivity index (χ1v) is 33.6. The maximum absolute atomic E-state index is 5.43. The molecule has 0 fully saturated rings. The lowest BCUT2D eigenvalue weighted by Gasteiger charge is -2.05. The summed E-state index contributed by atoms with van der Waals surface area (Å²) in [5.74, 6) is 4.73. The molecule has 0 aromatic heterocycles. The Bertz CT molecular complexity index is 2950. The van der Waals surface area contributed by atoms with E-state index in [0.717, 1.165) is 150 Å². The monoisotopic (exact) mass is 1390 g/mol. The van der Waals surface area contributed by atoms with E-state index in [1.165, 1.54) is 55.6 Å². The van der Waals surface area contributed by atoms with Crippen molar-refractivity contribution in [2.75, 3.05) is 33.0 Å². The van der Waals surface area contributed by atoms with Crippen LogP contribution < -0.4 is 23.7 Å². The Morgan fingerprint density at radius 2 is 0.263 bits per heavy atom. The lowest BCUT2D eigenvalue weighted by atomic mass is 10.0. The van der Waals surface area contributed by atoms with E-state index in [0.29, 0.717) is 0 Å². The van der Waals surface area contributed by atoms with Gasteiger partial charge in [-0.1, -0.05) is 121 Å². The summed E-state index contributed by atoms with van der Waals surface area (Å²) >= 11 is 21.4. The number of hydrogen-bond donors (Lipinski definition) is 5. The number of ether oxygens (including phenoxy) is 5. The molecule has 95 heavy (non-hydrogen) atoms. The van der Waals surface area contributed by atoms with Gasteiger partial charge >= 0.3 is 0 Å². The van der Waals surface area contributed by atoms with E-state index in [4.69, 9.17) is 23.7 Å². The number of thiol groups is 5. The minimum Gasteiger partial charge on any atom is -0.494 e. The summed E-state index contributed by atoms with van der Waals surface area (Å²) in [5, 5.41) is 0. The van der Waals surface area contributed by atoms with Gasteiger partial charge in [0.25, 0.3) is 0 Å². The van der Waals surface area contributed by atoms with Gasteiger partial charge in [0.1, 0.15) is 28.7 Å². The molecule has 10 aromatic rings. The Morgan fingerprint density at radius 1 is 0.168 bits per heavy atom. The van der Waals surface area contributed by atoms with Gasteiger partial charge < -0.3 is 23.7 Å². The molecule has 0 saturated heterocycles. The molecule has 0 aliphatic heterocycles. The topological polar surface area (TPSA) is 46.2 Å². The van der Waals surface area contributed by atoms with Crippen LogP contribution in [0.5, 0.6) is 28.7 Å². The summed E-state index contributed by atoms with van der Waals surface area (Å²) in [6.45, 7) is 13.6. The van der Waals surface area contributed by atoms with E-state index in [1.54, 1.807) is 0 Å². The molecule has 10 rings (SSSR count). The standard InChI is InChI=1S/5C16H18OS.5FH/c5*1-2-17-15-9-5-13(6-10-15)3-4-14-7-11-16(18)12-8-14;;;;;/h5*5-12,18H,2-4H2,1H3;5*1H. The van der Waals surface area contributed by atoms with Gasteiger partial charge in [-0.05, 0) is 276 Å². The fraction of sp³-hybridized carbons (Fsp3) is 0.250. The molecule has 0 saturated carbocycles. The van der Waals surface area contributed by atoms with Crippen LogP contribution in [0.3, 0.4) is 0 Å². The second kappa shape index (κ2) is 50.0. The van der Waals surface area contributed by atoms with Gasteiger partial charge in [0, 0.05) is 24.5 Å². The van der Waals surface area contributed by atoms with E-state index in [-0.39, 0.29) is 23.5 Å². The van der Waals surface area contributed by atoms with Crippen LogP contribution in [0, 0.1) is 0 Å². The average Bonchev–Trinajstić information content (AvgIpc) is 3.77. The molecule has 0 amide bonds. The second-order valence-corrected chi connectivity index (χ2v) is 23.8. The van der Waals surface area contributed by atoms with Crippen LogP contribution in [0.1, 0.15) is 90.3 Å². The van der Waals surface area contributed by atoms with Gasteiger partial charge in [-0.2, -0.15) is 0 Å². The number of rotatable bonds is 25. The third kappa shape index (κ3) is 35.3. The predicted molar refractivity (Wildman–Crippen MR) is 406 cm³/mol.